The fraction of sp³-hybridized carbons (Fsp3) is 0.545. The number of nitrogens with one attached hydrogen (secondary N) is 6. The summed E-state index contributed by atoms with van der Waals surface area (Å²) in [6.45, 7) is 4.10. The van der Waals surface area contributed by atoms with Gasteiger partial charge in [-0.3, -0.25) is 33.0 Å². The minimum absolute atomic E-state index is 0.00931. The van der Waals surface area contributed by atoms with Crippen LogP contribution in [0.1, 0.15) is 76.8 Å². The summed E-state index contributed by atoms with van der Waals surface area (Å²) >= 11 is 0. The number of carbonyl (C=O) groups is 8. The topological polar surface area (TPSA) is 259 Å². The van der Waals surface area contributed by atoms with Crippen LogP contribution in [-0.4, -0.2) is 130 Å². The Bertz CT molecular complexity index is 1890. The molecule has 0 aromatic heterocycles. The Morgan fingerprint density at radius 2 is 1.41 bits per heavy atom. The largest absolute Gasteiger partial charge is 0.480 e. The molecule has 1 aliphatic heterocycles. The lowest BCUT2D eigenvalue weighted by Crippen LogP contribution is -2.60. The summed E-state index contributed by atoms with van der Waals surface area (Å²) in [7, 11) is 0.0144. The lowest BCUT2D eigenvalue weighted by molar-refractivity contribution is -0.146. The molecule has 1 aliphatic rings. The zero-order valence-corrected chi connectivity index (χ0v) is 37.5. The lowest BCUT2D eigenvalue weighted by atomic mass is 9.99. The van der Waals surface area contributed by atoms with Gasteiger partial charge in [0.25, 0.3) is 0 Å². The van der Waals surface area contributed by atoms with E-state index in [0.717, 1.165) is 18.1 Å². The molecule has 0 aliphatic carbocycles. The van der Waals surface area contributed by atoms with Gasteiger partial charge in [0.15, 0.2) is 0 Å². The number of nitrogens with zero attached hydrogens (tertiary/aromatic N) is 1. The van der Waals surface area contributed by atoms with E-state index in [1.165, 1.54) is 18.2 Å². The van der Waals surface area contributed by atoms with Crippen molar-refractivity contribution in [3.63, 3.8) is 0 Å². The molecule has 1 saturated heterocycles. The SMILES string of the molecule is CCC(C)C(NC(=O)NC1CCCCNC(=O)C(COC(C)=O)NC(=O)C(CCc2ccccc2)N(C)C(=O)C(CCc2ccccc2)NC(=O)C(CCS(C)=O)NC1=O)C(=O)O. The van der Waals surface area contributed by atoms with Gasteiger partial charge < -0.3 is 46.6 Å². The number of carboxylic acids is 1. The highest BCUT2D eigenvalue weighted by atomic mass is 32.2. The maximum Gasteiger partial charge on any atom is 0.326 e. The van der Waals surface area contributed by atoms with Gasteiger partial charge in [0.05, 0.1) is 0 Å². The molecule has 8 unspecified atom stereocenters. The summed E-state index contributed by atoms with van der Waals surface area (Å²) in [6.07, 6.45) is 3.07. The van der Waals surface area contributed by atoms with Crippen molar-refractivity contribution in [3.8, 4) is 0 Å². The zero-order chi connectivity index (χ0) is 46.5. The maximum atomic E-state index is 14.6. The first kappa shape index (κ1) is 51.5. The second-order valence-electron chi connectivity index (χ2n) is 15.7. The standard InChI is InChI=1S/C44H63N7O11S/c1-6-28(2)37(43(58)59)50-44(60)49-32-19-13-14-25-45-38(53)35(27-62-29(3)52)48-41(56)36(23-21-31-17-11-8-12-18-31)51(4)42(57)34(22-20-30-15-9-7-10-16-30)47-40(55)33(46-39(32)54)24-26-63(5)61/h7-12,15-18,28,32-37H,6,13-14,19-27H2,1-5H3,(H,45,53)(H,46,54)(H,47,55)(H,48,56)(H,58,59)(H2,49,50,60). The molecule has 7 N–H and O–H groups in total. The van der Waals surface area contributed by atoms with E-state index in [2.05, 4.69) is 31.9 Å². The molecule has 2 aromatic rings. The van der Waals surface area contributed by atoms with Gasteiger partial charge in [-0.2, -0.15) is 0 Å². The number of urea groups is 1. The third-order valence-corrected chi connectivity index (χ3v) is 11.7. The quantitative estimate of drug-likeness (QED) is 0.118. The smallest absolute Gasteiger partial charge is 0.326 e. The van der Waals surface area contributed by atoms with Gasteiger partial charge in [0.1, 0.15) is 42.9 Å². The number of carbonyl (C=O) groups excluding carboxylic acids is 7. The normalized spacial score (nSPS) is 22.3. The Morgan fingerprint density at radius 1 is 0.825 bits per heavy atom. The van der Waals surface area contributed by atoms with Crippen molar-refractivity contribution < 1.29 is 52.4 Å². The number of hydrogen-bond donors (Lipinski definition) is 7. The van der Waals surface area contributed by atoms with Crippen molar-refractivity contribution in [2.75, 3.05) is 32.2 Å². The van der Waals surface area contributed by atoms with E-state index >= 15 is 0 Å². The molecule has 7 amide bonds. The molecule has 1 fully saturated rings. The number of likely N-dealkylation sites (N-methyl/N-ethyl adjacent to an activating group) is 1. The Morgan fingerprint density at radius 3 is 1.98 bits per heavy atom. The Kier molecular flexibility index (Phi) is 21.7. The van der Waals surface area contributed by atoms with Gasteiger partial charge in [-0.25, -0.2) is 9.59 Å². The van der Waals surface area contributed by atoms with Crippen LogP contribution in [0.25, 0.3) is 0 Å². The molecule has 1 heterocycles. The first-order chi connectivity index (χ1) is 30.0. The summed E-state index contributed by atoms with van der Waals surface area (Å²) in [5.74, 6) is -6.04. The highest BCUT2D eigenvalue weighted by molar-refractivity contribution is 7.84. The van der Waals surface area contributed by atoms with E-state index in [1.54, 1.807) is 13.8 Å². The van der Waals surface area contributed by atoms with E-state index in [-0.39, 0.29) is 50.8 Å². The van der Waals surface area contributed by atoms with Crippen LogP contribution in [0.15, 0.2) is 60.7 Å². The molecule has 19 heteroatoms. The summed E-state index contributed by atoms with van der Waals surface area (Å²) in [4.78, 5) is 109. The maximum absolute atomic E-state index is 14.6. The molecule has 0 saturated carbocycles. The van der Waals surface area contributed by atoms with Crippen LogP contribution < -0.4 is 31.9 Å². The van der Waals surface area contributed by atoms with E-state index < -0.39 is 107 Å². The van der Waals surface area contributed by atoms with Gasteiger partial charge in [0.2, 0.25) is 29.5 Å². The number of amides is 7. The van der Waals surface area contributed by atoms with Gasteiger partial charge in [-0.15, -0.1) is 0 Å². The number of esters is 1. The molecular weight excluding hydrogens is 835 g/mol. The number of carboxylic acid groups (broad SMARTS) is 1. The van der Waals surface area contributed by atoms with Gasteiger partial charge in [-0.1, -0.05) is 80.9 Å². The van der Waals surface area contributed by atoms with Gasteiger partial charge in [0, 0.05) is 43.3 Å². The van der Waals surface area contributed by atoms with Crippen LogP contribution in [0.3, 0.4) is 0 Å². The van der Waals surface area contributed by atoms with Crippen molar-refractivity contribution >= 4 is 58.3 Å². The number of rotatable bonds is 16. The third kappa shape index (κ3) is 17.8. The van der Waals surface area contributed by atoms with Crippen LogP contribution in [-0.2, 0) is 61.9 Å². The van der Waals surface area contributed by atoms with Crippen molar-refractivity contribution in [3.05, 3.63) is 71.8 Å². The average molecular weight is 898 g/mol. The molecule has 346 valence electrons. The van der Waals surface area contributed by atoms with Crippen molar-refractivity contribution in [2.24, 2.45) is 5.92 Å². The second-order valence-corrected chi connectivity index (χ2v) is 17.3. The van der Waals surface area contributed by atoms with E-state index in [1.807, 2.05) is 60.7 Å². The molecule has 63 heavy (non-hydrogen) atoms. The molecule has 0 bridgehead atoms. The number of benzene rings is 2. The monoisotopic (exact) mass is 897 g/mol. The highest BCUT2D eigenvalue weighted by Crippen LogP contribution is 2.16. The highest BCUT2D eigenvalue weighted by Gasteiger charge is 2.36. The van der Waals surface area contributed by atoms with Crippen LogP contribution >= 0.6 is 0 Å². The van der Waals surface area contributed by atoms with Gasteiger partial charge >= 0.3 is 18.0 Å². The van der Waals surface area contributed by atoms with Crippen LogP contribution in [0, 0.1) is 5.92 Å². The van der Waals surface area contributed by atoms with Crippen molar-refractivity contribution in [2.45, 2.75) is 115 Å². The van der Waals surface area contributed by atoms with Crippen molar-refractivity contribution in [1.29, 1.82) is 0 Å². The molecule has 8 atom stereocenters. The summed E-state index contributed by atoms with van der Waals surface area (Å²) < 4.78 is 17.5. The number of aryl methyl sites for hydroxylation is 2. The van der Waals surface area contributed by atoms with Crippen molar-refractivity contribution in [1.82, 2.24) is 36.8 Å². The third-order valence-electron chi connectivity index (χ3n) is 10.9. The Hall–Kier alpha value is -5.85. The van der Waals surface area contributed by atoms with Gasteiger partial charge in [-0.05, 0) is 68.4 Å². The average Bonchev–Trinajstić information content (AvgIpc) is 3.25. The molecule has 0 radical (unpaired) electrons. The fourth-order valence-corrected chi connectivity index (χ4v) is 7.48. The van der Waals surface area contributed by atoms with Crippen LogP contribution in [0.2, 0.25) is 0 Å². The fourth-order valence-electron chi connectivity index (χ4n) is 6.91. The first-order valence-electron chi connectivity index (χ1n) is 21.3. The number of hydrogen-bond acceptors (Lipinski definition) is 10. The molecule has 2 aromatic carbocycles. The van der Waals surface area contributed by atoms with E-state index in [0.29, 0.717) is 19.3 Å². The molecular formula is C44H63N7O11S. The molecule has 0 spiro atoms. The van der Waals surface area contributed by atoms with Crippen LogP contribution in [0.4, 0.5) is 4.79 Å². The Balaban J connectivity index is 2.08. The summed E-state index contributed by atoms with van der Waals surface area (Å²) in [5, 5.41) is 25.6. The lowest BCUT2D eigenvalue weighted by Gasteiger charge is -2.32. The molecule has 3 rings (SSSR count). The first-order valence-corrected chi connectivity index (χ1v) is 23.0. The summed E-state index contributed by atoms with van der Waals surface area (Å²) in [6, 6.07) is 9.81. The second kappa shape index (κ2) is 26.6. The van der Waals surface area contributed by atoms with E-state index in [9.17, 15) is 47.7 Å². The van der Waals surface area contributed by atoms with E-state index in [4.69, 9.17) is 4.74 Å². The number of ether oxygens (including phenoxy) is 1. The molecule has 18 nitrogen and oxygen atoms in total. The van der Waals surface area contributed by atoms with Crippen LogP contribution in [0.5, 0.6) is 0 Å². The summed E-state index contributed by atoms with van der Waals surface area (Å²) in [5.41, 5.74) is 1.73. The Labute approximate surface area is 371 Å². The predicted molar refractivity (Wildman–Crippen MR) is 235 cm³/mol. The predicted octanol–water partition coefficient (Wildman–Crippen LogP) is 1.33. The number of aliphatic carboxylic acids is 1. The zero-order valence-electron chi connectivity index (χ0n) is 36.7. The minimum atomic E-state index is -1.40. The minimum Gasteiger partial charge on any atom is -0.480 e.